The molecule has 0 aliphatic carbocycles. The van der Waals surface area contributed by atoms with Crippen molar-refractivity contribution in [1.29, 1.82) is 0 Å². The summed E-state index contributed by atoms with van der Waals surface area (Å²) in [5, 5.41) is 14.1. The van der Waals surface area contributed by atoms with Crippen LogP contribution in [0.2, 0.25) is 0 Å². The number of nitrogens with zero attached hydrogens (tertiary/aromatic N) is 3. The number of morpholine rings is 1. The summed E-state index contributed by atoms with van der Waals surface area (Å²) in [6, 6.07) is 13.8. The fourth-order valence-corrected chi connectivity index (χ4v) is 4.01. The molecule has 3 aromatic rings. The predicted molar refractivity (Wildman–Crippen MR) is 121 cm³/mol. The van der Waals surface area contributed by atoms with E-state index in [2.05, 4.69) is 10.2 Å². The second-order valence-corrected chi connectivity index (χ2v) is 7.98. The molecule has 4 rings (SSSR count). The lowest BCUT2D eigenvalue weighted by Crippen LogP contribution is -2.43. The second-order valence-electron chi connectivity index (χ2n) is 7.98. The van der Waals surface area contributed by atoms with Crippen LogP contribution >= 0.6 is 0 Å². The molecular weight excluding hydrogens is 428 g/mol. The van der Waals surface area contributed by atoms with Gasteiger partial charge in [0.05, 0.1) is 35.8 Å². The topological polar surface area (TPSA) is 120 Å². The van der Waals surface area contributed by atoms with Crippen molar-refractivity contribution in [2.75, 3.05) is 32.8 Å². The Hall–Kier alpha value is -3.50. The summed E-state index contributed by atoms with van der Waals surface area (Å²) >= 11 is 0. The highest BCUT2D eigenvalue weighted by atomic mass is 16.6. The molecule has 1 aromatic heterocycles. The molecular formula is C23H26N4O6. The summed E-state index contributed by atoms with van der Waals surface area (Å²) in [7, 11) is 0. The van der Waals surface area contributed by atoms with Crippen LogP contribution < -0.4 is 11.1 Å². The van der Waals surface area contributed by atoms with Gasteiger partial charge in [0.1, 0.15) is 0 Å². The molecule has 1 atom stereocenters. The number of non-ortho nitro benzene ring substituents is 1. The summed E-state index contributed by atoms with van der Waals surface area (Å²) in [5.41, 5.74) is 1.53. The Morgan fingerprint density at radius 1 is 1.15 bits per heavy atom. The average molecular weight is 454 g/mol. The van der Waals surface area contributed by atoms with Gasteiger partial charge in [-0.1, -0.05) is 30.3 Å². The van der Waals surface area contributed by atoms with E-state index in [1.54, 1.807) is 0 Å². The first kappa shape index (κ1) is 22.7. The Labute approximate surface area is 189 Å². The first-order chi connectivity index (χ1) is 16.0. The van der Waals surface area contributed by atoms with Gasteiger partial charge in [-0.2, -0.15) is 0 Å². The molecule has 33 heavy (non-hydrogen) atoms. The van der Waals surface area contributed by atoms with Crippen LogP contribution in [0.5, 0.6) is 0 Å². The van der Waals surface area contributed by atoms with Crippen molar-refractivity contribution in [3.05, 3.63) is 74.8 Å². The number of aromatic nitrogens is 1. The minimum absolute atomic E-state index is 0.103. The van der Waals surface area contributed by atoms with E-state index in [0.717, 1.165) is 18.7 Å². The van der Waals surface area contributed by atoms with Gasteiger partial charge in [0, 0.05) is 38.7 Å². The van der Waals surface area contributed by atoms with Crippen LogP contribution in [0.25, 0.3) is 11.1 Å². The number of carbonyl (C=O) groups excluding carboxylic acids is 1. The third-order valence-corrected chi connectivity index (χ3v) is 5.73. The fourth-order valence-electron chi connectivity index (χ4n) is 4.01. The molecule has 1 amide bonds. The highest BCUT2D eigenvalue weighted by Gasteiger charge is 2.20. The van der Waals surface area contributed by atoms with Gasteiger partial charge in [0.25, 0.3) is 5.69 Å². The van der Waals surface area contributed by atoms with E-state index >= 15 is 0 Å². The molecule has 174 valence electrons. The average Bonchev–Trinajstić information content (AvgIpc) is 3.14. The predicted octanol–water partition coefficient (Wildman–Crippen LogP) is 2.47. The zero-order valence-electron chi connectivity index (χ0n) is 18.1. The number of aryl methyl sites for hydroxylation is 1. The highest BCUT2D eigenvalue weighted by Crippen LogP contribution is 2.20. The number of nitrogens with one attached hydrogen (secondary N) is 1. The van der Waals surface area contributed by atoms with Crippen molar-refractivity contribution < 1.29 is 18.9 Å². The summed E-state index contributed by atoms with van der Waals surface area (Å²) < 4.78 is 12.0. The zero-order valence-corrected chi connectivity index (χ0v) is 18.1. The Kier molecular flexibility index (Phi) is 7.16. The molecule has 0 spiro atoms. The molecule has 0 saturated carbocycles. The quantitative estimate of drug-likeness (QED) is 0.390. The van der Waals surface area contributed by atoms with Crippen molar-refractivity contribution in [2.24, 2.45) is 0 Å². The molecule has 2 heterocycles. The van der Waals surface area contributed by atoms with Gasteiger partial charge in [0.2, 0.25) is 5.91 Å². The van der Waals surface area contributed by atoms with E-state index in [9.17, 15) is 19.7 Å². The number of fused-ring (bicyclic) bond motifs is 1. The monoisotopic (exact) mass is 454 g/mol. The lowest BCUT2D eigenvalue weighted by atomic mass is 10.1. The summed E-state index contributed by atoms with van der Waals surface area (Å²) in [5.74, 6) is -0.700. The maximum absolute atomic E-state index is 12.7. The number of hydrogen-bond donors (Lipinski definition) is 1. The summed E-state index contributed by atoms with van der Waals surface area (Å²) in [4.78, 5) is 37.6. The van der Waals surface area contributed by atoms with Gasteiger partial charge >= 0.3 is 5.76 Å². The minimum atomic E-state index is -0.597. The third kappa shape index (κ3) is 5.65. The SMILES string of the molecule is O=C(CCCn1c(=O)oc2cc([N+](=O)[O-])ccc21)N[C@H](CN1CCOCC1)c1ccccc1. The van der Waals surface area contributed by atoms with Crippen LogP contribution in [-0.2, 0) is 16.1 Å². The van der Waals surface area contributed by atoms with Gasteiger partial charge in [-0.3, -0.25) is 24.4 Å². The van der Waals surface area contributed by atoms with E-state index in [1.165, 1.54) is 22.8 Å². The number of amides is 1. The number of rotatable bonds is 9. The number of oxazole rings is 1. The van der Waals surface area contributed by atoms with E-state index in [1.807, 2.05) is 30.3 Å². The summed E-state index contributed by atoms with van der Waals surface area (Å²) in [6.45, 7) is 4.00. The largest absolute Gasteiger partial charge is 0.419 e. The lowest BCUT2D eigenvalue weighted by Gasteiger charge is -2.31. The van der Waals surface area contributed by atoms with Crippen molar-refractivity contribution in [3.63, 3.8) is 0 Å². The lowest BCUT2D eigenvalue weighted by molar-refractivity contribution is -0.384. The van der Waals surface area contributed by atoms with Crippen molar-refractivity contribution >= 4 is 22.7 Å². The summed E-state index contributed by atoms with van der Waals surface area (Å²) in [6.07, 6.45) is 0.662. The van der Waals surface area contributed by atoms with Gasteiger partial charge < -0.3 is 14.5 Å². The molecule has 1 fully saturated rings. The molecule has 0 unspecified atom stereocenters. The van der Waals surface area contributed by atoms with Gasteiger partial charge in [-0.25, -0.2) is 4.79 Å². The molecule has 1 saturated heterocycles. The normalized spacial score (nSPS) is 15.4. The first-order valence-corrected chi connectivity index (χ1v) is 10.9. The van der Waals surface area contributed by atoms with Crippen LogP contribution in [0.4, 0.5) is 5.69 Å². The minimum Gasteiger partial charge on any atom is -0.407 e. The number of carbonyl (C=O) groups is 1. The van der Waals surface area contributed by atoms with E-state index < -0.39 is 10.7 Å². The van der Waals surface area contributed by atoms with Crippen molar-refractivity contribution in [1.82, 2.24) is 14.8 Å². The van der Waals surface area contributed by atoms with Crippen LogP contribution in [-0.4, -0.2) is 53.1 Å². The number of ether oxygens (including phenoxy) is 1. The Morgan fingerprint density at radius 2 is 1.91 bits per heavy atom. The molecule has 1 N–H and O–H groups in total. The third-order valence-electron chi connectivity index (χ3n) is 5.73. The van der Waals surface area contributed by atoms with Crippen LogP contribution in [0, 0.1) is 10.1 Å². The van der Waals surface area contributed by atoms with Crippen LogP contribution in [0.15, 0.2) is 57.7 Å². The second kappa shape index (κ2) is 10.4. The molecule has 0 radical (unpaired) electrons. The molecule has 1 aliphatic rings. The maximum Gasteiger partial charge on any atom is 0.419 e. The van der Waals surface area contributed by atoms with E-state index in [4.69, 9.17) is 9.15 Å². The standard InChI is InChI=1S/C23H26N4O6/c28-22(24-19(17-5-2-1-3-6-17)16-25-11-13-32-14-12-25)7-4-10-26-20-9-8-18(27(30)31)15-21(20)33-23(26)29/h1-3,5-6,8-9,15,19H,4,7,10-14,16H2,(H,24,28)/t19-/m1/s1. The van der Waals surface area contributed by atoms with Gasteiger partial charge in [0.15, 0.2) is 5.58 Å². The number of nitro groups is 1. The smallest absolute Gasteiger partial charge is 0.407 e. The number of nitro benzene ring substituents is 1. The molecule has 10 heteroatoms. The maximum atomic E-state index is 12.7. The first-order valence-electron chi connectivity index (χ1n) is 10.9. The molecule has 0 bridgehead atoms. The number of hydrogen-bond acceptors (Lipinski definition) is 7. The zero-order chi connectivity index (χ0) is 23.2. The molecule has 10 nitrogen and oxygen atoms in total. The van der Waals surface area contributed by atoms with Gasteiger partial charge in [-0.15, -0.1) is 0 Å². The number of benzene rings is 2. The Morgan fingerprint density at radius 3 is 2.64 bits per heavy atom. The Balaban J connectivity index is 1.37. The van der Waals surface area contributed by atoms with E-state index in [0.29, 0.717) is 31.7 Å². The Bertz CT molecular complexity index is 1170. The van der Waals surface area contributed by atoms with E-state index in [-0.39, 0.29) is 36.2 Å². The molecule has 1 aliphatic heterocycles. The van der Waals surface area contributed by atoms with Crippen LogP contribution in [0.3, 0.4) is 0 Å². The molecule has 2 aromatic carbocycles. The fraction of sp³-hybridized carbons (Fsp3) is 0.391. The van der Waals surface area contributed by atoms with Crippen LogP contribution in [0.1, 0.15) is 24.4 Å². The highest BCUT2D eigenvalue weighted by molar-refractivity contribution is 5.77. The van der Waals surface area contributed by atoms with Crippen molar-refractivity contribution in [2.45, 2.75) is 25.4 Å². The van der Waals surface area contributed by atoms with Gasteiger partial charge in [-0.05, 0) is 18.1 Å². The van der Waals surface area contributed by atoms with Crippen molar-refractivity contribution in [3.8, 4) is 0 Å².